The molecule has 0 saturated carbocycles. The number of thiazole rings is 1. The molecule has 1 atom stereocenters. The zero-order valence-electron chi connectivity index (χ0n) is 9.40. The van der Waals surface area contributed by atoms with Crippen molar-refractivity contribution in [1.29, 1.82) is 0 Å². The third-order valence-corrected chi connectivity index (χ3v) is 3.64. The number of rotatable bonds is 2. The van der Waals surface area contributed by atoms with Crippen LogP contribution in [0.5, 0.6) is 0 Å². The first kappa shape index (κ1) is 13.4. The fraction of sp³-hybridized carbons (Fsp3) is 0.600. The summed E-state index contributed by atoms with van der Waals surface area (Å²) in [6.07, 6.45) is 2.71. The second-order valence-electron chi connectivity index (χ2n) is 3.81. The van der Waals surface area contributed by atoms with Crippen LogP contribution in [0.3, 0.4) is 0 Å². The number of hydrogen-bond acceptors (Lipinski definition) is 4. The van der Waals surface area contributed by atoms with Crippen molar-refractivity contribution in [3.8, 4) is 0 Å². The summed E-state index contributed by atoms with van der Waals surface area (Å²) in [6.45, 7) is 3.82. The second kappa shape index (κ2) is 5.61. The Hall–Kier alpha value is -0.650. The molecule has 90 valence electrons. The van der Waals surface area contributed by atoms with E-state index in [-0.39, 0.29) is 18.3 Å². The van der Waals surface area contributed by atoms with Gasteiger partial charge >= 0.3 is 0 Å². The first-order valence-corrected chi connectivity index (χ1v) is 5.90. The summed E-state index contributed by atoms with van der Waals surface area (Å²) in [6, 6.07) is 0.333. The Morgan fingerprint density at radius 2 is 2.44 bits per heavy atom. The number of nitrogens with one attached hydrogen (secondary N) is 1. The van der Waals surface area contributed by atoms with Crippen LogP contribution in [0.4, 0.5) is 0 Å². The molecule has 0 aromatic carbocycles. The number of hydrogen-bond donors (Lipinski definition) is 1. The average molecular weight is 262 g/mol. The van der Waals surface area contributed by atoms with E-state index in [9.17, 15) is 4.79 Å². The molecule has 1 aromatic heterocycles. The molecule has 1 fully saturated rings. The van der Waals surface area contributed by atoms with E-state index in [0.717, 1.165) is 29.4 Å². The lowest BCUT2D eigenvalue weighted by Crippen LogP contribution is -2.37. The smallest absolute Gasteiger partial charge is 0.265 e. The van der Waals surface area contributed by atoms with Gasteiger partial charge in [0, 0.05) is 19.6 Å². The lowest BCUT2D eigenvalue weighted by Gasteiger charge is -2.22. The van der Waals surface area contributed by atoms with E-state index in [1.165, 1.54) is 11.3 Å². The minimum Gasteiger partial charge on any atom is -0.337 e. The summed E-state index contributed by atoms with van der Waals surface area (Å²) in [5.74, 6) is 0.0919. The van der Waals surface area contributed by atoms with Gasteiger partial charge in [-0.3, -0.25) is 4.79 Å². The molecule has 6 heteroatoms. The molecule has 1 aliphatic heterocycles. The van der Waals surface area contributed by atoms with Crippen molar-refractivity contribution < 1.29 is 4.79 Å². The van der Waals surface area contributed by atoms with Crippen molar-refractivity contribution in [2.75, 3.05) is 20.1 Å². The Labute approximate surface area is 105 Å². The van der Waals surface area contributed by atoms with Crippen molar-refractivity contribution >= 4 is 29.7 Å². The van der Waals surface area contributed by atoms with E-state index in [4.69, 9.17) is 0 Å². The van der Waals surface area contributed by atoms with Crippen molar-refractivity contribution in [2.24, 2.45) is 0 Å². The Bertz CT molecular complexity index is 363. The molecular weight excluding hydrogens is 246 g/mol. The van der Waals surface area contributed by atoms with Crippen LogP contribution < -0.4 is 5.32 Å². The number of carbonyl (C=O) groups is 1. The van der Waals surface area contributed by atoms with Crippen LogP contribution in [-0.4, -0.2) is 42.0 Å². The topological polar surface area (TPSA) is 45.2 Å². The zero-order chi connectivity index (χ0) is 10.8. The van der Waals surface area contributed by atoms with Gasteiger partial charge in [0.2, 0.25) is 0 Å². The molecule has 16 heavy (non-hydrogen) atoms. The number of halogens is 1. The summed E-state index contributed by atoms with van der Waals surface area (Å²) in [5, 5.41) is 4.20. The summed E-state index contributed by atoms with van der Waals surface area (Å²) in [4.78, 5) is 18.7. The minimum atomic E-state index is 0. The van der Waals surface area contributed by atoms with Crippen LogP contribution in [-0.2, 0) is 0 Å². The number of carbonyl (C=O) groups excluding carboxylic acids is 1. The Morgan fingerprint density at radius 1 is 1.69 bits per heavy atom. The number of nitrogens with zero attached hydrogens (tertiary/aromatic N) is 2. The molecule has 1 aromatic rings. The van der Waals surface area contributed by atoms with Crippen LogP contribution >= 0.6 is 23.7 Å². The van der Waals surface area contributed by atoms with Gasteiger partial charge in [-0.2, -0.15) is 0 Å². The third-order valence-electron chi connectivity index (χ3n) is 2.73. The second-order valence-corrected chi connectivity index (χ2v) is 5.04. The normalized spacial score (nSPS) is 19.2. The molecule has 0 bridgehead atoms. The molecule has 2 heterocycles. The van der Waals surface area contributed by atoms with Crippen LogP contribution in [0.1, 0.15) is 21.1 Å². The van der Waals surface area contributed by atoms with Crippen molar-refractivity contribution in [3.63, 3.8) is 0 Å². The minimum absolute atomic E-state index is 0. The van der Waals surface area contributed by atoms with Gasteiger partial charge in [0.1, 0.15) is 4.88 Å². The predicted molar refractivity (Wildman–Crippen MR) is 67.5 cm³/mol. The van der Waals surface area contributed by atoms with Gasteiger partial charge in [0.15, 0.2) is 0 Å². The summed E-state index contributed by atoms with van der Waals surface area (Å²) in [5.41, 5.74) is 0. The SMILES string of the molecule is Cc1ncc(C(=O)N(C)C2CCNC2)s1.Cl. The standard InChI is InChI=1S/C10H15N3OS.ClH/c1-7-12-6-9(15-7)10(14)13(2)8-3-4-11-5-8;/h6,8,11H,3-5H2,1-2H3;1H. The number of amides is 1. The molecule has 0 radical (unpaired) electrons. The number of aromatic nitrogens is 1. The average Bonchev–Trinajstić information content (AvgIpc) is 2.85. The Balaban J connectivity index is 0.00000128. The summed E-state index contributed by atoms with van der Waals surface area (Å²) in [7, 11) is 1.87. The molecule has 1 saturated heterocycles. The third kappa shape index (κ3) is 2.72. The monoisotopic (exact) mass is 261 g/mol. The van der Waals surface area contributed by atoms with Gasteiger partial charge in [0.05, 0.1) is 11.2 Å². The first-order chi connectivity index (χ1) is 7.18. The zero-order valence-corrected chi connectivity index (χ0v) is 11.0. The van der Waals surface area contributed by atoms with Crippen LogP contribution in [0.25, 0.3) is 0 Å². The highest BCUT2D eigenvalue weighted by atomic mass is 35.5. The molecule has 1 unspecified atom stereocenters. The fourth-order valence-corrected chi connectivity index (χ4v) is 2.53. The quantitative estimate of drug-likeness (QED) is 0.873. The van der Waals surface area contributed by atoms with Crippen molar-refractivity contribution in [1.82, 2.24) is 15.2 Å². The van der Waals surface area contributed by atoms with Crippen LogP contribution in [0, 0.1) is 6.92 Å². The van der Waals surface area contributed by atoms with E-state index in [1.54, 1.807) is 6.20 Å². The largest absolute Gasteiger partial charge is 0.337 e. The lowest BCUT2D eigenvalue weighted by molar-refractivity contribution is 0.0748. The molecular formula is C10H16ClN3OS. The Kier molecular flexibility index (Phi) is 4.70. The number of aryl methyl sites for hydroxylation is 1. The van der Waals surface area contributed by atoms with Gasteiger partial charge in [-0.05, 0) is 19.9 Å². The van der Waals surface area contributed by atoms with Gasteiger partial charge < -0.3 is 10.2 Å². The van der Waals surface area contributed by atoms with Gasteiger partial charge in [0.25, 0.3) is 5.91 Å². The molecule has 4 nitrogen and oxygen atoms in total. The maximum absolute atomic E-state index is 12.0. The molecule has 0 spiro atoms. The summed E-state index contributed by atoms with van der Waals surface area (Å²) >= 11 is 1.46. The van der Waals surface area contributed by atoms with Crippen LogP contribution in [0.15, 0.2) is 6.20 Å². The molecule has 1 aliphatic rings. The molecule has 0 aliphatic carbocycles. The van der Waals surface area contributed by atoms with Crippen molar-refractivity contribution in [3.05, 3.63) is 16.1 Å². The number of likely N-dealkylation sites (N-methyl/N-ethyl adjacent to an activating group) is 1. The molecule has 2 rings (SSSR count). The maximum atomic E-state index is 12.0. The highest BCUT2D eigenvalue weighted by molar-refractivity contribution is 7.13. The summed E-state index contributed by atoms with van der Waals surface area (Å²) < 4.78 is 0. The first-order valence-electron chi connectivity index (χ1n) is 5.09. The predicted octanol–water partition coefficient (Wildman–Crippen LogP) is 1.31. The van der Waals surface area contributed by atoms with E-state index in [1.807, 2.05) is 18.9 Å². The maximum Gasteiger partial charge on any atom is 0.265 e. The van der Waals surface area contributed by atoms with E-state index in [2.05, 4.69) is 10.3 Å². The van der Waals surface area contributed by atoms with E-state index >= 15 is 0 Å². The van der Waals surface area contributed by atoms with Crippen LogP contribution in [0.2, 0.25) is 0 Å². The Morgan fingerprint density at radius 3 is 2.94 bits per heavy atom. The highest BCUT2D eigenvalue weighted by Crippen LogP contribution is 2.16. The van der Waals surface area contributed by atoms with E-state index in [0.29, 0.717) is 6.04 Å². The van der Waals surface area contributed by atoms with Crippen molar-refractivity contribution in [2.45, 2.75) is 19.4 Å². The molecule has 1 N–H and O–H groups in total. The molecule has 1 amide bonds. The highest BCUT2D eigenvalue weighted by Gasteiger charge is 2.24. The lowest BCUT2D eigenvalue weighted by atomic mass is 10.2. The van der Waals surface area contributed by atoms with Gasteiger partial charge in [-0.15, -0.1) is 23.7 Å². The van der Waals surface area contributed by atoms with Gasteiger partial charge in [-0.25, -0.2) is 4.98 Å². The van der Waals surface area contributed by atoms with E-state index < -0.39 is 0 Å². The van der Waals surface area contributed by atoms with Gasteiger partial charge in [-0.1, -0.05) is 0 Å². The fourth-order valence-electron chi connectivity index (χ4n) is 1.77.